The number of aromatic nitrogens is 2. The van der Waals surface area contributed by atoms with Gasteiger partial charge in [-0.1, -0.05) is 15.9 Å². The third-order valence-electron chi connectivity index (χ3n) is 3.71. The fraction of sp³-hybridized carbons (Fsp3) is 0.429. The number of fused-ring (bicyclic) bond motifs is 1. The zero-order chi connectivity index (χ0) is 13.2. The largest absolute Gasteiger partial charge is 0.317 e. The Morgan fingerprint density at radius 3 is 3.00 bits per heavy atom. The molecule has 4 nitrogen and oxygen atoms in total. The van der Waals surface area contributed by atoms with E-state index in [1.165, 1.54) is 12.8 Å². The van der Waals surface area contributed by atoms with Gasteiger partial charge in [-0.15, -0.1) is 0 Å². The molecule has 98 valence electrons. The second kappa shape index (κ2) is 5.32. The fourth-order valence-corrected chi connectivity index (χ4v) is 3.03. The van der Waals surface area contributed by atoms with E-state index in [2.05, 4.69) is 32.3 Å². The standard InChI is InChI=1S/C14H15BrN4/c15-11-3-6-19-13(8-11)12(9-16)18-14(19)7-10-1-4-17-5-2-10/h3,6,8,10,17H,1-2,4-5,7H2. The molecule has 0 atom stereocenters. The summed E-state index contributed by atoms with van der Waals surface area (Å²) < 4.78 is 3.02. The zero-order valence-electron chi connectivity index (χ0n) is 10.6. The van der Waals surface area contributed by atoms with E-state index < -0.39 is 0 Å². The van der Waals surface area contributed by atoms with Crippen LogP contribution in [0.1, 0.15) is 24.4 Å². The molecule has 1 saturated heterocycles. The van der Waals surface area contributed by atoms with E-state index in [1.54, 1.807) is 0 Å². The van der Waals surface area contributed by atoms with Crippen LogP contribution in [0.3, 0.4) is 0 Å². The van der Waals surface area contributed by atoms with Crippen LogP contribution in [0.4, 0.5) is 0 Å². The lowest BCUT2D eigenvalue weighted by Gasteiger charge is -2.21. The summed E-state index contributed by atoms with van der Waals surface area (Å²) in [5.74, 6) is 1.67. The molecule has 2 aromatic rings. The number of halogens is 1. The molecule has 1 fully saturated rings. The van der Waals surface area contributed by atoms with Crippen LogP contribution in [0.2, 0.25) is 0 Å². The Balaban J connectivity index is 1.97. The average Bonchev–Trinajstić information content (AvgIpc) is 2.77. The molecule has 0 aromatic carbocycles. The van der Waals surface area contributed by atoms with Crippen LogP contribution in [0, 0.1) is 17.2 Å². The SMILES string of the molecule is N#Cc1nc(CC2CCNCC2)n2ccc(Br)cc12. The molecule has 0 spiro atoms. The fourth-order valence-electron chi connectivity index (χ4n) is 2.69. The topological polar surface area (TPSA) is 53.1 Å². The number of nitrogens with one attached hydrogen (secondary N) is 1. The average molecular weight is 319 g/mol. The molecule has 3 heterocycles. The molecule has 0 unspecified atom stereocenters. The lowest BCUT2D eigenvalue weighted by Crippen LogP contribution is -2.29. The molecule has 0 bridgehead atoms. The van der Waals surface area contributed by atoms with Gasteiger partial charge < -0.3 is 9.72 Å². The first-order valence-electron chi connectivity index (χ1n) is 6.55. The van der Waals surface area contributed by atoms with Crippen molar-refractivity contribution in [3.05, 3.63) is 34.3 Å². The molecule has 0 radical (unpaired) electrons. The summed E-state index contributed by atoms with van der Waals surface area (Å²) >= 11 is 3.44. The second-order valence-corrected chi connectivity index (χ2v) is 5.90. The zero-order valence-corrected chi connectivity index (χ0v) is 12.2. The summed E-state index contributed by atoms with van der Waals surface area (Å²) in [7, 11) is 0. The van der Waals surface area contributed by atoms with Crippen molar-refractivity contribution in [2.24, 2.45) is 5.92 Å². The van der Waals surface area contributed by atoms with Gasteiger partial charge in [-0.05, 0) is 44.0 Å². The molecule has 1 aliphatic heterocycles. The van der Waals surface area contributed by atoms with Crippen molar-refractivity contribution in [1.82, 2.24) is 14.7 Å². The van der Waals surface area contributed by atoms with Crippen molar-refractivity contribution in [3.63, 3.8) is 0 Å². The van der Waals surface area contributed by atoms with Crippen molar-refractivity contribution in [3.8, 4) is 6.07 Å². The number of pyridine rings is 1. The van der Waals surface area contributed by atoms with Crippen molar-refractivity contribution < 1.29 is 0 Å². The third-order valence-corrected chi connectivity index (χ3v) is 4.21. The smallest absolute Gasteiger partial charge is 0.166 e. The van der Waals surface area contributed by atoms with Crippen molar-refractivity contribution in [2.75, 3.05) is 13.1 Å². The number of nitrogens with zero attached hydrogens (tertiary/aromatic N) is 3. The van der Waals surface area contributed by atoms with E-state index in [0.29, 0.717) is 11.6 Å². The van der Waals surface area contributed by atoms with Gasteiger partial charge in [0.15, 0.2) is 5.69 Å². The highest BCUT2D eigenvalue weighted by atomic mass is 79.9. The number of hydrogen-bond donors (Lipinski definition) is 1. The predicted octanol–water partition coefficient (Wildman–Crippen LogP) is 2.51. The molecule has 5 heteroatoms. The lowest BCUT2D eigenvalue weighted by atomic mass is 9.94. The van der Waals surface area contributed by atoms with Crippen LogP contribution < -0.4 is 5.32 Å². The predicted molar refractivity (Wildman–Crippen MR) is 76.9 cm³/mol. The third kappa shape index (κ3) is 2.51. The minimum atomic E-state index is 0.519. The molecule has 1 aliphatic rings. The quantitative estimate of drug-likeness (QED) is 0.925. The van der Waals surface area contributed by atoms with Crippen molar-refractivity contribution in [2.45, 2.75) is 19.3 Å². The molecule has 0 amide bonds. The molecule has 19 heavy (non-hydrogen) atoms. The maximum atomic E-state index is 9.19. The Morgan fingerprint density at radius 1 is 1.47 bits per heavy atom. The van der Waals surface area contributed by atoms with Crippen molar-refractivity contribution in [1.29, 1.82) is 5.26 Å². The second-order valence-electron chi connectivity index (χ2n) is 4.99. The van der Waals surface area contributed by atoms with Gasteiger partial charge in [0.25, 0.3) is 0 Å². The Hall–Kier alpha value is -1.38. The normalized spacial score (nSPS) is 16.6. The molecular formula is C14H15BrN4. The van der Waals surface area contributed by atoms with Gasteiger partial charge in [-0.25, -0.2) is 4.98 Å². The summed E-state index contributed by atoms with van der Waals surface area (Å²) in [5, 5.41) is 12.6. The number of nitriles is 1. The molecule has 1 N–H and O–H groups in total. The highest BCUT2D eigenvalue weighted by Gasteiger charge is 2.18. The lowest BCUT2D eigenvalue weighted by molar-refractivity contribution is 0.367. The van der Waals surface area contributed by atoms with Gasteiger partial charge in [0.1, 0.15) is 11.9 Å². The Morgan fingerprint density at radius 2 is 2.26 bits per heavy atom. The van der Waals surface area contributed by atoms with E-state index in [1.807, 2.05) is 22.7 Å². The summed E-state index contributed by atoms with van der Waals surface area (Å²) in [6.07, 6.45) is 5.32. The van der Waals surface area contributed by atoms with Crippen LogP contribution in [0.15, 0.2) is 22.8 Å². The Kier molecular flexibility index (Phi) is 3.54. The monoisotopic (exact) mass is 318 g/mol. The van der Waals surface area contributed by atoms with Crippen LogP contribution in [0.5, 0.6) is 0 Å². The minimum absolute atomic E-state index is 0.519. The first kappa shape index (κ1) is 12.6. The summed E-state index contributed by atoms with van der Waals surface area (Å²) in [4.78, 5) is 4.50. The Bertz CT molecular complexity index is 635. The number of rotatable bonds is 2. The van der Waals surface area contributed by atoms with E-state index >= 15 is 0 Å². The van der Waals surface area contributed by atoms with E-state index in [9.17, 15) is 5.26 Å². The number of imidazole rings is 1. The van der Waals surface area contributed by atoms with Gasteiger partial charge in [-0.3, -0.25) is 0 Å². The summed E-state index contributed by atoms with van der Waals surface area (Å²) in [5.41, 5.74) is 1.41. The molecule has 0 aliphatic carbocycles. The summed E-state index contributed by atoms with van der Waals surface area (Å²) in [6, 6.07) is 6.13. The first-order valence-corrected chi connectivity index (χ1v) is 7.34. The van der Waals surface area contributed by atoms with Crippen LogP contribution in [-0.4, -0.2) is 22.5 Å². The Labute approximate surface area is 120 Å². The molecule has 2 aromatic heterocycles. The number of piperidine rings is 1. The van der Waals surface area contributed by atoms with E-state index in [0.717, 1.165) is 35.3 Å². The molecule has 0 saturated carbocycles. The minimum Gasteiger partial charge on any atom is -0.317 e. The maximum absolute atomic E-state index is 9.19. The van der Waals surface area contributed by atoms with Crippen molar-refractivity contribution >= 4 is 21.4 Å². The maximum Gasteiger partial charge on any atom is 0.166 e. The van der Waals surface area contributed by atoms with E-state index in [4.69, 9.17) is 0 Å². The molecule has 3 rings (SSSR count). The highest BCUT2D eigenvalue weighted by molar-refractivity contribution is 9.10. The first-order chi connectivity index (χ1) is 9.28. The highest BCUT2D eigenvalue weighted by Crippen LogP contribution is 2.22. The van der Waals surface area contributed by atoms with E-state index in [-0.39, 0.29) is 0 Å². The van der Waals surface area contributed by atoms with Gasteiger partial charge in [-0.2, -0.15) is 5.26 Å². The van der Waals surface area contributed by atoms with Gasteiger partial charge >= 0.3 is 0 Å². The van der Waals surface area contributed by atoms with Gasteiger partial charge in [0.05, 0.1) is 5.52 Å². The number of hydrogen-bond acceptors (Lipinski definition) is 3. The van der Waals surface area contributed by atoms with Crippen LogP contribution in [-0.2, 0) is 6.42 Å². The summed E-state index contributed by atoms with van der Waals surface area (Å²) in [6.45, 7) is 2.18. The van der Waals surface area contributed by atoms with Crippen LogP contribution in [0.25, 0.3) is 5.52 Å². The van der Waals surface area contributed by atoms with Crippen LogP contribution >= 0.6 is 15.9 Å². The van der Waals surface area contributed by atoms with Gasteiger partial charge in [0, 0.05) is 17.1 Å². The molecular weight excluding hydrogens is 304 g/mol. The van der Waals surface area contributed by atoms with Gasteiger partial charge in [0.2, 0.25) is 0 Å².